The average molecular weight is 265 g/mol. The SMILES string of the molecule is Cc1ccc(N2CCN3CCCCC3C2)cc1Cl. The minimum absolute atomic E-state index is 0.757. The van der Waals surface area contributed by atoms with Crippen LogP contribution in [0.25, 0.3) is 0 Å². The van der Waals surface area contributed by atoms with E-state index in [0.717, 1.165) is 23.2 Å². The van der Waals surface area contributed by atoms with E-state index >= 15 is 0 Å². The van der Waals surface area contributed by atoms with Crippen LogP contribution in [0.4, 0.5) is 5.69 Å². The largest absolute Gasteiger partial charge is 0.369 e. The third-order valence-corrected chi connectivity index (χ3v) is 4.77. The maximum atomic E-state index is 6.23. The molecule has 2 nitrogen and oxygen atoms in total. The lowest BCUT2D eigenvalue weighted by molar-refractivity contribution is 0.133. The van der Waals surface area contributed by atoms with Gasteiger partial charge in [0.1, 0.15) is 0 Å². The van der Waals surface area contributed by atoms with Crippen molar-refractivity contribution in [2.75, 3.05) is 31.1 Å². The number of anilines is 1. The predicted molar refractivity (Wildman–Crippen MR) is 77.6 cm³/mol. The number of rotatable bonds is 1. The second kappa shape index (κ2) is 5.10. The molecular weight excluding hydrogens is 244 g/mol. The molecule has 0 amide bonds. The monoisotopic (exact) mass is 264 g/mol. The molecule has 2 aliphatic rings. The number of hydrogen-bond donors (Lipinski definition) is 0. The Morgan fingerprint density at radius 1 is 1.17 bits per heavy atom. The first-order chi connectivity index (χ1) is 8.74. The number of halogens is 1. The quantitative estimate of drug-likeness (QED) is 0.768. The van der Waals surface area contributed by atoms with Crippen molar-refractivity contribution in [2.24, 2.45) is 0 Å². The van der Waals surface area contributed by atoms with Gasteiger partial charge in [0, 0.05) is 36.4 Å². The topological polar surface area (TPSA) is 6.48 Å². The van der Waals surface area contributed by atoms with Crippen LogP contribution in [0.3, 0.4) is 0 Å². The predicted octanol–water partition coefficient (Wildman–Crippen LogP) is 3.32. The van der Waals surface area contributed by atoms with Crippen LogP contribution in [-0.4, -0.2) is 37.1 Å². The first-order valence-electron chi connectivity index (χ1n) is 6.99. The van der Waals surface area contributed by atoms with Gasteiger partial charge in [0.05, 0.1) is 0 Å². The fourth-order valence-electron chi connectivity index (χ4n) is 3.17. The number of piperazine rings is 1. The van der Waals surface area contributed by atoms with Crippen LogP contribution < -0.4 is 4.90 Å². The van der Waals surface area contributed by atoms with Crippen molar-refractivity contribution in [3.8, 4) is 0 Å². The summed E-state index contributed by atoms with van der Waals surface area (Å²) in [5.41, 5.74) is 2.45. The molecule has 1 aromatic rings. The standard InChI is InChI=1S/C15H21ClN2/c1-12-5-6-13(10-15(12)16)18-9-8-17-7-3-2-4-14(17)11-18/h5-6,10,14H,2-4,7-9,11H2,1H3. The molecule has 0 bridgehead atoms. The average Bonchev–Trinajstić information content (AvgIpc) is 2.41. The van der Waals surface area contributed by atoms with E-state index in [2.05, 4.69) is 34.9 Å². The Balaban J connectivity index is 1.75. The summed E-state index contributed by atoms with van der Waals surface area (Å²) in [5, 5.41) is 0.888. The van der Waals surface area contributed by atoms with Gasteiger partial charge in [0.15, 0.2) is 0 Å². The van der Waals surface area contributed by atoms with Crippen LogP contribution in [0.15, 0.2) is 18.2 Å². The highest BCUT2D eigenvalue weighted by Crippen LogP contribution is 2.27. The molecule has 1 aromatic carbocycles. The van der Waals surface area contributed by atoms with Gasteiger partial charge in [-0.3, -0.25) is 4.90 Å². The number of hydrogen-bond acceptors (Lipinski definition) is 2. The number of piperidine rings is 1. The van der Waals surface area contributed by atoms with Gasteiger partial charge < -0.3 is 4.90 Å². The molecule has 0 spiro atoms. The van der Waals surface area contributed by atoms with Crippen LogP contribution in [0.2, 0.25) is 5.02 Å². The summed E-state index contributed by atoms with van der Waals surface area (Å²) in [6, 6.07) is 7.22. The van der Waals surface area contributed by atoms with Crippen molar-refractivity contribution < 1.29 is 0 Å². The summed E-state index contributed by atoms with van der Waals surface area (Å²) >= 11 is 6.23. The van der Waals surface area contributed by atoms with Crippen molar-refractivity contribution in [2.45, 2.75) is 32.2 Å². The lowest BCUT2D eigenvalue weighted by atomic mass is 9.99. The Hall–Kier alpha value is -0.730. The van der Waals surface area contributed by atoms with E-state index in [4.69, 9.17) is 11.6 Å². The summed E-state index contributed by atoms with van der Waals surface area (Å²) in [6.07, 6.45) is 4.13. The highest BCUT2D eigenvalue weighted by molar-refractivity contribution is 6.31. The van der Waals surface area contributed by atoms with Crippen molar-refractivity contribution in [1.29, 1.82) is 0 Å². The summed E-state index contributed by atoms with van der Waals surface area (Å²) in [7, 11) is 0. The zero-order valence-electron chi connectivity index (χ0n) is 11.0. The summed E-state index contributed by atoms with van der Waals surface area (Å²) in [4.78, 5) is 5.16. The van der Waals surface area contributed by atoms with E-state index in [0.29, 0.717) is 0 Å². The fourth-order valence-corrected chi connectivity index (χ4v) is 3.34. The van der Waals surface area contributed by atoms with Crippen LogP contribution in [0.1, 0.15) is 24.8 Å². The highest BCUT2D eigenvalue weighted by atomic mass is 35.5. The van der Waals surface area contributed by atoms with E-state index in [1.54, 1.807) is 0 Å². The Kier molecular flexibility index (Phi) is 3.49. The first kappa shape index (κ1) is 12.3. The van der Waals surface area contributed by atoms with E-state index < -0.39 is 0 Å². The second-order valence-corrected chi connectivity index (χ2v) is 5.97. The molecule has 2 aliphatic heterocycles. The third-order valence-electron chi connectivity index (χ3n) is 4.36. The molecule has 0 aliphatic carbocycles. The van der Waals surface area contributed by atoms with Crippen LogP contribution in [0.5, 0.6) is 0 Å². The van der Waals surface area contributed by atoms with Gasteiger partial charge in [-0.05, 0) is 44.0 Å². The molecule has 18 heavy (non-hydrogen) atoms. The molecule has 2 heterocycles. The molecule has 1 unspecified atom stereocenters. The Morgan fingerprint density at radius 2 is 2.06 bits per heavy atom. The van der Waals surface area contributed by atoms with Gasteiger partial charge in [0.2, 0.25) is 0 Å². The first-order valence-corrected chi connectivity index (χ1v) is 7.37. The summed E-state index contributed by atoms with van der Waals surface area (Å²) in [5.74, 6) is 0. The van der Waals surface area contributed by atoms with Crippen molar-refractivity contribution in [1.82, 2.24) is 4.90 Å². The molecule has 98 valence electrons. The number of benzene rings is 1. The van der Waals surface area contributed by atoms with Crippen LogP contribution in [-0.2, 0) is 0 Å². The lowest BCUT2D eigenvalue weighted by Crippen LogP contribution is -2.54. The zero-order chi connectivity index (χ0) is 12.5. The maximum Gasteiger partial charge on any atom is 0.0455 e. The van der Waals surface area contributed by atoms with Crippen molar-refractivity contribution in [3.63, 3.8) is 0 Å². The van der Waals surface area contributed by atoms with Gasteiger partial charge >= 0.3 is 0 Å². The van der Waals surface area contributed by atoms with Gasteiger partial charge in [-0.25, -0.2) is 0 Å². The Labute approximate surface area is 115 Å². The van der Waals surface area contributed by atoms with Gasteiger partial charge in [-0.2, -0.15) is 0 Å². The number of aryl methyl sites for hydroxylation is 1. The Morgan fingerprint density at radius 3 is 2.89 bits per heavy atom. The maximum absolute atomic E-state index is 6.23. The molecule has 3 heteroatoms. The Bertz CT molecular complexity index is 433. The van der Waals surface area contributed by atoms with Gasteiger partial charge in [-0.15, -0.1) is 0 Å². The molecule has 0 N–H and O–H groups in total. The van der Waals surface area contributed by atoms with Gasteiger partial charge in [-0.1, -0.05) is 24.1 Å². The molecule has 1 atom stereocenters. The second-order valence-electron chi connectivity index (χ2n) is 5.57. The van der Waals surface area contributed by atoms with Gasteiger partial charge in [0.25, 0.3) is 0 Å². The molecule has 0 saturated carbocycles. The van der Waals surface area contributed by atoms with E-state index in [1.807, 2.05) is 0 Å². The van der Waals surface area contributed by atoms with Crippen molar-refractivity contribution >= 4 is 17.3 Å². The van der Waals surface area contributed by atoms with Crippen molar-refractivity contribution in [3.05, 3.63) is 28.8 Å². The molecular formula is C15H21ClN2. The normalized spacial score (nSPS) is 25.0. The smallest absolute Gasteiger partial charge is 0.0455 e. The summed E-state index contributed by atoms with van der Waals surface area (Å²) < 4.78 is 0. The minimum Gasteiger partial charge on any atom is -0.369 e. The summed E-state index contributed by atoms with van der Waals surface area (Å²) in [6.45, 7) is 6.86. The van der Waals surface area contributed by atoms with E-state index in [1.165, 1.54) is 44.6 Å². The number of fused-ring (bicyclic) bond motifs is 1. The molecule has 0 aromatic heterocycles. The molecule has 3 rings (SSSR count). The molecule has 0 radical (unpaired) electrons. The van der Waals surface area contributed by atoms with E-state index in [-0.39, 0.29) is 0 Å². The van der Waals surface area contributed by atoms with Crippen LogP contribution in [0, 0.1) is 6.92 Å². The fraction of sp³-hybridized carbons (Fsp3) is 0.600. The number of nitrogens with zero attached hydrogens (tertiary/aromatic N) is 2. The highest BCUT2D eigenvalue weighted by Gasteiger charge is 2.28. The molecule has 2 saturated heterocycles. The minimum atomic E-state index is 0.757. The lowest BCUT2D eigenvalue weighted by Gasteiger charge is -2.45. The molecule has 2 fully saturated rings. The third kappa shape index (κ3) is 2.36. The zero-order valence-corrected chi connectivity index (χ0v) is 11.8. The van der Waals surface area contributed by atoms with E-state index in [9.17, 15) is 0 Å². The van der Waals surface area contributed by atoms with Crippen LogP contribution >= 0.6 is 11.6 Å².